The monoisotopic (exact) mass is 512 g/mol. The molecule has 14 heteroatoms. The maximum Gasteiger partial charge on any atom is 0.471 e. The standard InChI is InChI=1S/C21H10F6N4O3S/c22-20(23,24)11-6-4-10(5-7-11)12-8-13(29-9-28-12)17(32)34-14-2-1-3-15-16(14)30-19(35-15)31-18(33)21(25,26)27/h1-9H,(H,30,31,33). The van der Waals surface area contributed by atoms with Gasteiger partial charge in [-0.15, -0.1) is 0 Å². The van der Waals surface area contributed by atoms with Crippen LogP contribution in [0.3, 0.4) is 0 Å². The summed E-state index contributed by atoms with van der Waals surface area (Å²) in [4.78, 5) is 35.4. The molecule has 0 atom stereocenters. The van der Waals surface area contributed by atoms with Crippen LogP contribution in [-0.2, 0) is 11.0 Å². The van der Waals surface area contributed by atoms with E-state index in [1.165, 1.54) is 36.4 Å². The van der Waals surface area contributed by atoms with E-state index >= 15 is 0 Å². The number of rotatable bonds is 4. The molecule has 0 bridgehead atoms. The smallest absolute Gasteiger partial charge is 0.419 e. The number of benzene rings is 2. The summed E-state index contributed by atoms with van der Waals surface area (Å²) in [6.07, 6.45) is -8.59. The third-order valence-electron chi connectivity index (χ3n) is 4.45. The molecule has 0 saturated heterocycles. The molecule has 0 fully saturated rings. The second kappa shape index (κ2) is 8.94. The average Bonchev–Trinajstić information content (AvgIpc) is 3.21. The summed E-state index contributed by atoms with van der Waals surface area (Å²) in [6, 6.07) is 9.63. The molecule has 0 aliphatic heterocycles. The van der Waals surface area contributed by atoms with Gasteiger partial charge in [0.15, 0.2) is 16.6 Å². The average molecular weight is 512 g/mol. The molecule has 35 heavy (non-hydrogen) atoms. The number of ether oxygens (including phenoxy) is 1. The van der Waals surface area contributed by atoms with Crippen LogP contribution in [-0.4, -0.2) is 33.0 Å². The van der Waals surface area contributed by atoms with Crippen LogP contribution < -0.4 is 10.1 Å². The first kappa shape index (κ1) is 24.1. The van der Waals surface area contributed by atoms with Crippen molar-refractivity contribution in [1.82, 2.24) is 15.0 Å². The number of halogens is 6. The number of aromatic nitrogens is 3. The highest BCUT2D eigenvalue weighted by Crippen LogP contribution is 2.34. The maximum atomic E-state index is 12.8. The van der Waals surface area contributed by atoms with Gasteiger partial charge in [-0.3, -0.25) is 10.1 Å². The van der Waals surface area contributed by atoms with Gasteiger partial charge in [-0.25, -0.2) is 19.7 Å². The molecule has 0 saturated carbocycles. The fourth-order valence-corrected chi connectivity index (χ4v) is 3.71. The van der Waals surface area contributed by atoms with Crippen molar-refractivity contribution in [2.45, 2.75) is 12.4 Å². The topological polar surface area (TPSA) is 94.1 Å². The minimum atomic E-state index is -5.11. The van der Waals surface area contributed by atoms with Crippen LogP contribution in [0.5, 0.6) is 5.75 Å². The van der Waals surface area contributed by atoms with E-state index in [0.29, 0.717) is 10.3 Å². The summed E-state index contributed by atoms with van der Waals surface area (Å²) in [6.45, 7) is 0. The van der Waals surface area contributed by atoms with Crippen molar-refractivity contribution in [3.8, 4) is 17.0 Å². The fraction of sp³-hybridized carbons (Fsp3) is 0.0952. The van der Waals surface area contributed by atoms with E-state index in [-0.39, 0.29) is 27.8 Å². The lowest BCUT2D eigenvalue weighted by Gasteiger charge is -2.08. The van der Waals surface area contributed by atoms with Gasteiger partial charge in [-0.05, 0) is 30.3 Å². The van der Waals surface area contributed by atoms with Crippen LogP contribution in [0.25, 0.3) is 21.5 Å². The van der Waals surface area contributed by atoms with Crippen molar-refractivity contribution in [1.29, 1.82) is 0 Å². The molecule has 0 unspecified atom stereocenters. The van der Waals surface area contributed by atoms with E-state index in [9.17, 15) is 35.9 Å². The molecule has 1 amide bonds. The summed E-state index contributed by atoms with van der Waals surface area (Å²) in [7, 11) is 0. The predicted molar refractivity (Wildman–Crippen MR) is 112 cm³/mol. The molecule has 0 aliphatic carbocycles. The Hall–Kier alpha value is -4.07. The molecule has 1 N–H and O–H groups in total. The third-order valence-corrected chi connectivity index (χ3v) is 5.38. The summed E-state index contributed by atoms with van der Waals surface area (Å²) in [5, 5.41) is 1.28. The van der Waals surface area contributed by atoms with E-state index in [0.717, 1.165) is 29.8 Å². The lowest BCUT2D eigenvalue weighted by molar-refractivity contribution is -0.167. The summed E-state index contributed by atoms with van der Waals surface area (Å²) in [5.74, 6) is -3.28. The number of anilines is 1. The molecule has 2 heterocycles. The molecule has 4 rings (SSSR count). The first-order chi connectivity index (χ1) is 16.4. The normalized spacial score (nSPS) is 11.9. The number of hydrogen-bond donors (Lipinski definition) is 1. The molecule has 7 nitrogen and oxygen atoms in total. The number of nitrogens with one attached hydrogen (secondary N) is 1. The number of fused-ring (bicyclic) bond motifs is 1. The van der Waals surface area contributed by atoms with Gasteiger partial charge in [0.25, 0.3) is 0 Å². The van der Waals surface area contributed by atoms with Gasteiger partial charge in [0.2, 0.25) is 0 Å². The quantitative estimate of drug-likeness (QED) is 0.221. The van der Waals surface area contributed by atoms with Crippen LogP contribution in [0.1, 0.15) is 16.1 Å². The lowest BCUT2D eigenvalue weighted by Crippen LogP contribution is -2.29. The van der Waals surface area contributed by atoms with Gasteiger partial charge in [-0.2, -0.15) is 26.3 Å². The van der Waals surface area contributed by atoms with E-state index < -0.39 is 29.8 Å². The second-order valence-corrected chi connectivity index (χ2v) is 7.86. The molecule has 0 aliphatic rings. The number of nitrogens with zero attached hydrogens (tertiary/aromatic N) is 3. The van der Waals surface area contributed by atoms with Crippen LogP contribution in [0.2, 0.25) is 0 Å². The van der Waals surface area contributed by atoms with E-state index in [4.69, 9.17) is 4.74 Å². The molecule has 2 aromatic carbocycles. The van der Waals surface area contributed by atoms with Crippen LogP contribution in [0.15, 0.2) is 54.9 Å². The Morgan fingerprint density at radius 1 is 0.943 bits per heavy atom. The number of hydrogen-bond acceptors (Lipinski definition) is 7. The van der Waals surface area contributed by atoms with Gasteiger partial charge >= 0.3 is 24.2 Å². The number of para-hydroxylation sites is 1. The van der Waals surface area contributed by atoms with Crippen molar-refractivity contribution in [2.24, 2.45) is 0 Å². The number of thiazole rings is 1. The van der Waals surface area contributed by atoms with Gasteiger partial charge in [-0.1, -0.05) is 29.5 Å². The van der Waals surface area contributed by atoms with Crippen LogP contribution in [0.4, 0.5) is 31.5 Å². The summed E-state index contributed by atoms with van der Waals surface area (Å²) in [5.41, 5.74) is -0.601. The number of amides is 1. The van der Waals surface area contributed by atoms with E-state index in [1.54, 1.807) is 5.32 Å². The minimum Gasteiger partial charge on any atom is -0.419 e. The van der Waals surface area contributed by atoms with Gasteiger partial charge in [0, 0.05) is 5.56 Å². The van der Waals surface area contributed by atoms with Crippen molar-refractivity contribution < 1.29 is 40.7 Å². The highest BCUT2D eigenvalue weighted by Gasteiger charge is 2.39. The lowest BCUT2D eigenvalue weighted by atomic mass is 10.1. The first-order valence-electron chi connectivity index (χ1n) is 9.41. The Labute approximate surface area is 195 Å². The van der Waals surface area contributed by atoms with E-state index in [1.807, 2.05) is 0 Å². The molecular weight excluding hydrogens is 502 g/mol. The van der Waals surface area contributed by atoms with Crippen molar-refractivity contribution in [3.63, 3.8) is 0 Å². The zero-order valence-corrected chi connectivity index (χ0v) is 17.8. The molecule has 180 valence electrons. The predicted octanol–water partition coefficient (Wildman–Crippen LogP) is 5.49. The summed E-state index contributed by atoms with van der Waals surface area (Å²) < 4.78 is 81.4. The third kappa shape index (κ3) is 5.37. The second-order valence-electron chi connectivity index (χ2n) is 6.83. The Morgan fingerprint density at radius 2 is 1.66 bits per heavy atom. The van der Waals surface area contributed by atoms with E-state index in [2.05, 4.69) is 15.0 Å². The zero-order valence-electron chi connectivity index (χ0n) is 16.9. The SMILES string of the molecule is O=C(Oc1cccc2sc(NC(=O)C(F)(F)F)nc12)c1cc(-c2ccc(C(F)(F)F)cc2)ncn1. The highest BCUT2D eigenvalue weighted by molar-refractivity contribution is 7.22. The van der Waals surface area contributed by atoms with Gasteiger partial charge in [0.1, 0.15) is 11.8 Å². The van der Waals surface area contributed by atoms with Gasteiger partial charge in [0.05, 0.1) is 16.0 Å². The Bertz CT molecular complexity index is 1420. The number of alkyl halides is 6. The van der Waals surface area contributed by atoms with Crippen LogP contribution in [0, 0.1) is 0 Å². The maximum absolute atomic E-state index is 12.8. The Balaban J connectivity index is 1.56. The van der Waals surface area contributed by atoms with Crippen molar-refractivity contribution in [2.75, 3.05) is 5.32 Å². The van der Waals surface area contributed by atoms with Crippen LogP contribution >= 0.6 is 11.3 Å². The highest BCUT2D eigenvalue weighted by atomic mass is 32.1. The molecule has 0 spiro atoms. The molecular formula is C21H10F6N4O3S. The summed E-state index contributed by atoms with van der Waals surface area (Å²) >= 11 is 0.741. The largest absolute Gasteiger partial charge is 0.471 e. The number of esters is 1. The first-order valence-corrected chi connectivity index (χ1v) is 10.2. The van der Waals surface area contributed by atoms with Crippen molar-refractivity contribution >= 4 is 38.6 Å². The van der Waals surface area contributed by atoms with Gasteiger partial charge < -0.3 is 4.74 Å². The Morgan fingerprint density at radius 3 is 2.31 bits per heavy atom. The zero-order chi connectivity index (χ0) is 25.4. The molecule has 2 aromatic heterocycles. The molecule has 0 radical (unpaired) electrons. The Kier molecular flexibility index (Phi) is 6.15. The molecule has 4 aromatic rings. The number of carbonyl (C=O) groups excluding carboxylic acids is 2. The minimum absolute atomic E-state index is 0.0281. The number of carbonyl (C=O) groups is 2. The van der Waals surface area contributed by atoms with Crippen molar-refractivity contribution in [3.05, 3.63) is 66.1 Å². The fourth-order valence-electron chi connectivity index (χ4n) is 2.84.